The van der Waals surface area contributed by atoms with Crippen molar-refractivity contribution >= 4 is 17.4 Å². The molecule has 1 amide bonds. The van der Waals surface area contributed by atoms with Crippen molar-refractivity contribution in [1.82, 2.24) is 0 Å². The molecule has 0 N–H and O–H groups in total. The summed E-state index contributed by atoms with van der Waals surface area (Å²) >= 11 is 0. The number of rotatable bonds is 4. The predicted molar refractivity (Wildman–Crippen MR) is 72.0 cm³/mol. The lowest BCUT2D eigenvalue weighted by molar-refractivity contribution is -0.117. The van der Waals surface area contributed by atoms with Crippen LogP contribution in [0.15, 0.2) is 18.2 Å². The zero-order valence-electron chi connectivity index (χ0n) is 11.2. The van der Waals surface area contributed by atoms with Crippen molar-refractivity contribution in [1.29, 1.82) is 0 Å². The Balaban J connectivity index is 2.20. The average Bonchev–Trinajstić information content (AvgIpc) is 2.64. The molecule has 1 atom stereocenters. The van der Waals surface area contributed by atoms with E-state index in [2.05, 4.69) is 13.8 Å². The fourth-order valence-electron chi connectivity index (χ4n) is 2.22. The van der Waals surface area contributed by atoms with Crippen LogP contribution < -0.4 is 4.90 Å². The molecule has 0 bridgehead atoms. The van der Waals surface area contributed by atoms with Crippen molar-refractivity contribution in [2.45, 2.75) is 33.1 Å². The van der Waals surface area contributed by atoms with Crippen molar-refractivity contribution < 1.29 is 9.59 Å². The topological polar surface area (TPSA) is 37.4 Å². The van der Waals surface area contributed by atoms with E-state index in [0.717, 1.165) is 23.2 Å². The van der Waals surface area contributed by atoms with Crippen molar-refractivity contribution in [2.75, 3.05) is 11.9 Å². The van der Waals surface area contributed by atoms with Gasteiger partial charge in [0.05, 0.1) is 6.42 Å². The highest BCUT2D eigenvalue weighted by molar-refractivity contribution is 6.03. The summed E-state index contributed by atoms with van der Waals surface area (Å²) in [6.07, 6.45) is 2.01. The number of hydrogen-bond donors (Lipinski definition) is 0. The van der Waals surface area contributed by atoms with Gasteiger partial charge in [-0.15, -0.1) is 0 Å². The molecule has 0 radical (unpaired) electrons. The van der Waals surface area contributed by atoms with Crippen LogP contribution in [0, 0.1) is 5.92 Å². The summed E-state index contributed by atoms with van der Waals surface area (Å²) in [5, 5.41) is 0. The summed E-state index contributed by atoms with van der Waals surface area (Å²) in [6.45, 7) is 4.18. The van der Waals surface area contributed by atoms with Crippen LogP contribution in [0.5, 0.6) is 0 Å². The van der Waals surface area contributed by atoms with Gasteiger partial charge in [-0.2, -0.15) is 0 Å². The first-order valence-corrected chi connectivity index (χ1v) is 6.45. The zero-order chi connectivity index (χ0) is 13.3. The van der Waals surface area contributed by atoms with E-state index in [0.29, 0.717) is 18.8 Å². The molecule has 1 aromatic carbocycles. The number of likely N-dealkylation sites (N-methyl/N-ethyl adjacent to an activating group) is 1. The Bertz CT molecular complexity index is 493. The molecule has 3 heteroatoms. The number of amides is 1. The first kappa shape index (κ1) is 12.8. The second-order valence-electron chi connectivity index (χ2n) is 5.11. The minimum absolute atomic E-state index is 0.0940. The maximum Gasteiger partial charge on any atom is 0.231 e. The molecule has 1 heterocycles. The van der Waals surface area contributed by atoms with E-state index >= 15 is 0 Å². The van der Waals surface area contributed by atoms with Crippen LogP contribution in [0.4, 0.5) is 5.69 Å². The molecule has 0 saturated carbocycles. The zero-order valence-corrected chi connectivity index (χ0v) is 11.2. The van der Waals surface area contributed by atoms with Gasteiger partial charge in [-0.1, -0.05) is 20.3 Å². The number of carbonyl (C=O) groups is 2. The Hall–Kier alpha value is -1.64. The van der Waals surface area contributed by atoms with Crippen LogP contribution in [-0.2, 0) is 11.2 Å². The smallest absolute Gasteiger partial charge is 0.231 e. The minimum atomic E-state index is 0.0940. The summed E-state index contributed by atoms with van der Waals surface area (Å²) in [5.74, 6) is 0.681. The molecule has 1 aromatic rings. The molecule has 1 unspecified atom stereocenters. The fourth-order valence-corrected chi connectivity index (χ4v) is 2.22. The number of carbonyl (C=O) groups excluding carboxylic acids is 2. The standard InChI is InChI=1S/C15H19NO2/c1-4-10(2)7-14(17)11-5-6-13-12(8-11)9-15(18)16(13)3/h5-6,8,10H,4,7,9H2,1-3H3. The number of anilines is 1. The highest BCUT2D eigenvalue weighted by Crippen LogP contribution is 2.29. The number of hydrogen-bond acceptors (Lipinski definition) is 2. The summed E-state index contributed by atoms with van der Waals surface area (Å²) in [4.78, 5) is 25.3. The Labute approximate surface area is 108 Å². The third-order valence-corrected chi connectivity index (χ3v) is 3.71. The van der Waals surface area contributed by atoms with Gasteiger partial charge in [-0.05, 0) is 29.7 Å². The minimum Gasteiger partial charge on any atom is -0.315 e. The molecule has 0 aromatic heterocycles. The second kappa shape index (κ2) is 4.92. The van der Waals surface area contributed by atoms with Gasteiger partial charge in [-0.3, -0.25) is 9.59 Å². The maximum absolute atomic E-state index is 12.1. The monoisotopic (exact) mass is 245 g/mol. The molecule has 3 nitrogen and oxygen atoms in total. The van der Waals surface area contributed by atoms with E-state index in [4.69, 9.17) is 0 Å². The predicted octanol–water partition coefficient (Wildman–Crippen LogP) is 2.82. The molecular formula is C15H19NO2. The van der Waals surface area contributed by atoms with Crippen LogP contribution >= 0.6 is 0 Å². The fraction of sp³-hybridized carbons (Fsp3) is 0.467. The molecule has 2 rings (SSSR count). The molecule has 0 spiro atoms. The van der Waals surface area contributed by atoms with Gasteiger partial charge in [-0.25, -0.2) is 0 Å². The van der Waals surface area contributed by atoms with Crippen LogP contribution in [0.3, 0.4) is 0 Å². The summed E-state index contributed by atoms with van der Waals surface area (Å²) in [6, 6.07) is 5.59. The highest BCUT2D eigenvalue weighted by Gasteiger charge is 2.24. The van der Waals surface area contributed by atoms with E-state index in [9.17, 15) is 9.59 Å². The molecule has 1 aliphatic rings. The second-order valence-corrected chi connectivity index (χ2v) is 5.11. The number of ketones is 1. The molecular weight excluding hydrogens is 226 g/mol. The van der Waals surface area contributed by atoms with Crippen molar-refractivity contribution in [2.24, 2.45) is 5.92 Å². The summed E-state index contributed by atoms with van der Waals surface area (Å²) < 4.78 is 0. The van der Waals surface area contributed by atoms with Crippen molar-refractivity contribution in [3.63, 3.8) is 0 Å². The molecule has 96 valence electrons. The van der Waals surface area contributed by atoms with E-state index in [1.54, 1.807) is 11.9 Å². The third-order valence-electron chi connectivity index (χ3n) is 3.71. The Morgan fingerprint density at radius 1 is 1.44 bits per heavy atom. The normalized spacial score (nSPS) is 15.7. The van der Waals surface area contributed by atoms with Crippen LogP contribution in [0.2, 0.25) is 0 Å². The van der Waals surface area contributed by atoms with E-state index in [-0.39, 0.29) is 11.7 Å². The first-order valence-electron chi connectivity index (χ1n) is 6.45. The lowest BCUT2D eigenvalue weighted by Crippen LogP contribution is -2.20. The van der Waals surface area contributed by atoms with E-state index in [1.807, 2.05) is 18.2 Å². The van der Waals surface area contributed by atoms with E-state index < -0.39 is 0 Å². The first-order chi connectivity index (χ1) is 8.52. The Kier molecular flexibility index (Phi) is 3.50. The summed E-state index contributed by atoms with van der Waals surface area (Å²) in [7, 11) is 1.77. The lowest BCUT2D eigenvalue weighted by atomic mass is 9.96. The largest absolute Gasteiger partial charge is 0.315 e. The Morgan fingerprint density at radius 3 is 2.83 bits per heavy atom. The highest BCUT2D eigenvalue weighted by atomic mass is 16.2. The SMILES string of the molecule is CCC(C)CC(=O)c1ccc2c(c1)CC(=O)N2C. The molecule has 0 saturated heterocycles. The number of fused-ring (bicyclic) bond motifs is 1. The van der Waals surface area contributed by atoms with Crippen molar-refractivity contribution in [3.8, 4) is 0 Å². The lowest BCUT2D eigenvalue weighted by Gasteiger charge is -2.11. The number of Topliss-reactive ketones (excluding diaryl/α,β-unsaturated/α-hetero) is 1. The van der Waals surface area contributed by atoms with Gasteiger partial charge in [0.25, 0.3) is 0 Å². The molecule has 1 aliphatic heterocycles. The molecule has 0 fully saturated rings. The van der Waals surface area contributed by atoms with Crippen LogP contribution in [0.25, 0.3) is 0 Å². The molecule has 0 aliphatic carbocycles. The third kappa shape index (κ3) is 2.30. The number of nitrogens with zero attached hydrogens (tertiary/aromatic N) is 1. The summed E-state index contributed by atoms with van der Waals surface area (Å²) in [5.41, 5.74) is 2.63. The van der Waals surface area contributed by atoms with Crippen LogP contribution in [0.1, 0.15) is 42.6 Å². The maximum atomic E-state index is 12.1. The van der Waals surface area contributed by atoms with Gasteiger partial charge in [0.15, 0.2) is 5.78 Å². The quantitative estimate of drug-likeness (QED) is 0.765. The van der Waals surface area contributed by atoms with E-state index in [1.165, 1.54) is 0 Å². The van der Waals surface area contributed by atoms with Crippen LogP contribution in [-0.4, -0.2) is 18.7 Å². The van der Waals surface area contributed by atoms with Gasteiger partial charge in [0, 0.05) is 24.7 Å². The van der Waals surface area contributed by atoms with Gasteiger partial charge >= 0.3 is 0 Å². The number of benzene rings is 1. The van der Waals surface area contributed by atoms with Crippen molar-refractivity contribution in [3.05, 3.63) is 29.3 Å². The molecule has 18 heavy (non-hydrogen) atoms. The van der Waals surface area contributed by atoms with Gasteiger partial charge in [0.2, 0.25) is 5.91 Å². The average molecular weight is 245 g/mol. The van der Waals surface area contributed by atoms with Gasteiger partial charge < -0.3 is 4.90 Å². The van der Waals surface area contributed by atoms with Gasteiger partial charge in [0.1, 0.15) is 0 Å². The Morgan fingerprint density at radius 2 is 2.17 bits per heavy atom.